The molecule has 0 aromatic carbocycles. The average Bonchev–Trinajstić information content (AvgIpc) is 2.69. The number of hydrogen-bond acceptors (Lipinski definition) is 8. The van der Waals surface area contributed by atoms with Crippen LogP contribution in [0.4, 0.5) is 0 Å². The van der Waals surface area contributed by atoms with E-state index < -0.39 is 28.3 Å². The largest absolute Gasteiger partial charge is 0.419 e. The van der Waals surface area contributed by atoms with Gasteiger partial charge in [-0.2, -0.15) is 23.2 Å². The average molecular weight is 498 g/mol. The van der Waals surface area contributed by atoms with Crippen LogP contribution in [0.2, 0.25) is 0 Å². The highest BCUT2D eigenvalue weighted by Gasteiger charge is 2.38. The molecule has 0 radical (unpaired) electrons. The van der Waals surface area contributed by atoms with Crippen LogP contribution in [-0.4, -0.2) is 72.2 Å². The quantitative estimate of drug-likeness (QED) is 0.140. The second-order valence-electron chi connectivity index (χ2n) is 6.91. The number of carbonyl (C=O) groups is 2. The van der Waals surface area contributed by atoms with Crippen LogP contribution in [0.3, 0.4) is 0 Å². The monoisotopic (exact) mass is 497 g/mol. The lowest BCUT2D eigenvalue weighted by molar-refractivity contribution is -0.222. The Labute approximate surface area is 197 Å². The van der Waals surface area contributed by atoms with Crippen molar-refractivity contribution in [2.24, 2.45) is 0 Å². The SMILES string of the molecule is C=S(CC)OS(C)(CCCN(C)/C=C/C=C1C(=O)OC(C)(C)OC1=O)OCCS.CC. The molecule has 0 aliphatic carbocycles. The van der Waals surface area contributed by atoms with E-state index in [1.54, 1.807) is 12.3 Å². The molecule has 0 amide bonds. The van der Waals surface area contributed by atoms with Crippen molar-refractivity contribution in [1.82, 2.24) is 4.90 Å². The summed E-state index contributed by atoms with van der Waals surface area (Å²) in [5.74, 6) is 3.70. The van der Waals surface area contributed by atoms with Crippen molar-refractivity contribution in [3.63, 3.8) is 0 Å². The summed E-state index contributed by atoms with van der Waals surface area (Å²) in [6.07, 6.45) is 7.68. The number of cyclic esters (lactones) is 2. The normalized spacial score (nSPS) is 19.4. The highest BCUT2D eigenvalue weighted by atomic mass is 32.3. The number of thiol groups is 1. The molecule has 1 aliphatic heterocycles. The number of carbonyl (C=O) groups excluding carboxylic acids is 2. The first-order valence-electron chi connectivity index (χ1n) is 10.3. The van der Waals surface area contributed by atoms with Gasteiger partial charge in [0.25, 0.3) is 5.79 Å². The summed E-state index contributed by atoms with van der Waals surface area (Å²) < 4.78 is 22.1. The number of nitrogens with zero attached hydrogens (tertiary/aromatic N) is 1. The molecule has 0 saturated carbocycles. The molecule has 7 nitrogen and oxygen atoms in total. The second kappa shape index (κ2) is 15.0. The van der Waals surface area contributed by atoms with Gasteiger partial charge in [0.2, 0.25) is 0 Å². The van der Waals surface area contributed by atoms with Crippen LogP contribution in [-0.2, 0) is 26.9 Å². The maximum absolute atomic E-state index is 11.9. The van der Waals surface area contributed by atoms with Crippen molar-refractivity contribution in [3.05, 3.63) is 23.9 Å². The second-order valence-corrected chi connectivity index (χ2v) is 11.9. The number of esters is 2. The van der Waals surface area contributed by atoms with Crippen molar-refractivity contribution in [2.45, 2.75) is 46.8 Å². The fraction of sp³-hybridized carbons (Fsp3) is 0.667. The van der Waals surface area contributed by atoms with Crippen LogP contribution in [0, 0.1) is 0 Å². The first-order valence-corrected chi connectivity index (χ1v) is 14.5. The summed E-state index contributed by atoms with van der Waals surface area (Å²) in [6, 6.07) is 0. The van der Waals surface area contributed by atoms with Gasteiger partial charge in [0.15, 0.2) is 0 Å². The Balaban J connectivity index is 0.00000436. The predicted octanol–water partition coefficient (Wildman–Crippen LogP) is 4.47. The third-order valence-corrected chi connectivity index (χ3v) is 8.18. The molecule has 182 valence electrons. The predicted molar refractivity (Wildman–Crippen MR) is 137 cm³/mol. The number of hydrogen-bond donors (Lipinski definition) is 1. The van der Waals surface area contributed by atoms with Gasteiger partial charge in [-0.1, -0.05) is 20.8 Å². The van der Waals surface area contributed by atoms with Gasteiger partial charge in [0.05, 0.1) is 6.61 Å². The first kappa shape index (κ1) is 30.1. The molecule has 2 unspecified atom stereocenters. The molecule has 0 bridgehead atoms. The zero-order valence-corrected chi connectivity index (χ0v) is 22.4. The minimum absolute atomic E-state index is 0.124. The van der Waals surface area contributed by atoms with E-state index in [1.807, 2.05) is 39.0 Å². The van der Waals surface area contributed by atoms with E-state index in [4.69, 9.17) is 17.3 Å². The van der Waals surface area contributed by atoms with Crippen molar-refractivity contribution in [3.8, 4) is 0 Å². The Morgan fingerprint density at radius 3 is 2.35 bits per heavy atom. The van der Waals surface area contributed by atoms with Crippen molar-refractivity contribution < 1.29 is 26.9 Å². The smallest absolute Gasteiger partial charge is 0.348 e. The standard InChI is InChI=1S/C19H33NO6S3.C2H6/c1-7-28(5)26-29(6,23-13-14-27)15-9-12-20(4)11-8-10-16-17(21)24-19(2,3)25-18(16)22;1-2/h8,10-11,27H,5,7,9,12-15H2,1-4,6H3;1-2H3/b11-8+;. The van der Waals surface area contributed by atoms with Gasteiger partial charge >= 0.3 is 11.9 Å². The fourth-order valence-corrected chi connectivity index (χ4v) is 6.18. The maximum atomic E-state index is 11.9. The van der Waals surface area contributed by atoms with E-state index in [2.05, 4.69) is 18.5 Å². The lowest BCUT2D eigenvalue weighted by atomic mass is 10.2. The molecule has 0 aromatic heterocycles. The summed E-state index contributed by atoms with van der Waals surface area (Å²) in [5, 5.41) is 0. The number of allylic oxidation sites excluding steroid dienone is 2. The van der Waals surface area contributed by atoms with Gasteiger partial charge in [0.1, 0.15) is 5.57 Å². The topological polar surface area (TPSA) is 74.3 Å². The molecule has 0 N–H and O–H groups in total. The summed E-state index contributed by atoms with van der Waals surface area (Å²) in [6.45, 7) is 10.4. The third kappa shape index (κ3) is 12.0. The molecular weight excluding hydrogens is 458 g/mol. The summed E-state index contributed by atoms with van der Waals surface area (Å²) in [4.78, 5) is 25.8. The van der Waals surface area contributed by atoms with E-state index in [-0.39, 0.29) is 16.3 Å². The third-order valence-electron chi connectivity index (χ3n) is 3.73. The zero-order valence-electron chi connectivity index (χ0n) is 19.8. The van der Waals surface area contributed by atoms with Gasteiger partial charge in [-0.25, -0.2) is 13.2 Å². The Hall–Kier alpha value is -0.940. The molecule has 0 aromatic rings. The van der Waals surface area contributed by atoms with E-state index >= 15 is 0 Å². The molecule has 10 heteroatoms. The molecule has 1 fully saturated rings. The Bertz CT molecular complexity index is 644. The Morgan fingerprint density at radius 1 is 1.26 bits per heavy atom. The molecule has 1 saturated heterocycles. The van der Waals surface area contributed by atoms with Crippen LogP contribution in [0.5, 0.6) is 0 Å². The van der Waals surface area contributed by atoms with Gasteiger partial charge in [0, 0.05) is 51.0 Å². The molecule has 1 aliphatic rings. The van der Waals surface area contributed by atoms with Gasteiger partial charge in [-0.05, 0) is 41.4 Å². The first-order chi connectivity index (χ1) is 14.5. The summed E-state index contributed by atoms with van der Waals surface area (Å²) >= 11 is 4.20. The molecule has 2 atom stereocenters. The lowest BCUT2D eigenvalue weighted by Gasteiger charge is -2.39. The van der Waals surface area contributed by atoms with Crippen LogP contribution in [0.1, 0.15) is 41.0 Å². The van der Waals surface area contributed by atoms with Crippen LogP contribution in [0.25, 0.3) is 0 Å². The van der Waals surface area contributed by atoms with Crippen LogP contribution >= 0.6 is 34.0 Å². The lowest BCUT2D eigenvalue weighted by Crippen LogP contribution is -2.41. The molecule has 31 heavy (non-hydrogen) atoms. The van der Waals surface area contributed by atoms with Crippen molar-refractivity contribution in [2.75, 3.05) is 43.7 Å². The minimum Gasteiger partial charge on any atom is -0.419 e. The van der Waals surface area contributed by atoms with Gasteiger partial charge in [-0.3, -0.25) is 4.18 Å². The zero-order chi connectivity index (χ0) is 24.1. The van der Waals surface area contributed by atoms with Crippen LogP contribution < -0.4 is 0 Å². The number of rotatable bonds is 12. The highest BCUT2D eigenvalue weighted by molar-refractivity contribution is 8.32. The Kier molecular flexibility index (Phi) is 14.5. The van der Waals surface area contributed by atoms with E-state index in [0.29, 0.717) is 12.4 Å². The molecular formula is C21H39NO6S3. The Morgan fingerprint density at radius 2 is 1.84 bits per heavy atom. The molecule has 1 rings (SSSR count). The number of ether oxygens (including phenoxy) is 2. The van der Waals surface area contributed by atoms with E-state index in [9.17, 15) is 9.59 Å². The molecule has 1 heterocycles. The highest BCUT2D eigenvalue weighted by Crippen LogP contribution is 2.51. The van der Waals surface area contributed by atoms with Crippen LogP contribution in [0.15, 0.2) is 23.9 Å². The van der Waals surface area contributed by atoms with Gasteiger partial charge in [-0.15, -0.1) is 0 Å². The summed E-state index contributed by atoms with van der Waals surface area (Å²) in [7, 11) is -0.113. The van der Waals surface area contributed by atoms with E-state index in [1.165, 1.54) is 19.9 Å². The van der Waals surface area contributed by atoms with E-state index in [0.717, 1.165) is 24.5 Å². The maximum Gasteiger partial charge on any atom is 0.348 e. The summed E-state index contributed by atoms with van der Waals surface area (Å²) in [5.41, 5.74) is -0.124. The van der Waals surface area contributed by atoms with Crippen molar-refractivity contribution >= 4 is 51.8 Å². The molecule has 0 spiro atoms. The minimum atomic E-state index is -1.66. The van der Waals surface area contributed by atoms with Crippen molar-refractivity contribution in [1.29, 1.82) is 0 Å². The van der Waals surface area contributed by atoms with Gasteiger partial charge < -0.3 is 14.4 Å². The fourth-order valence-electron chi connectivity index (χ4n) is 2.31.